The minimum Gasteiger partial charge on any atom is -0.0843 e. The molecule has 0 bridgehead atoms. The Morgan fingerprint density at radius 1 is 0.773 bits per heavy atom. The molecule has 0 fully saturated rings. The Hall–Kier alpha value is -2.02. The summed E-state index contributed by atoms with van der Waals surface area (Å²) in [5.41, 5.74) is 4.67. The Bertz CT molecular complexity index is 1000. The minimum atomic E-state index is 0.763. The predicted molar refractivity (Wildman–Crippen MR) is 94.7 cm³/mol. The van der Waals surface area contributed by atoms with Crippen molar-refractivity contribution in [3.8, 4) is 11.1 Å². The Morgan fingerprint density at radius 3 is 2.50 bits per heavy atom. The largest absolute Gasteiger partial charge is 0.0843 e. The van der Waals surface area contributed by atoms with Gasteiger partial charge in [0.05, 0.1) is 0 Å². The van der Waals surface area contributed by atoms with E-state index in [9.17, 15) is 0 Å². The van der Waals surface area contributed by atoms with Gasteiger partial charge >= 0.3 is 0 Å². The lowest BCUT2D eigenvalue weighted by Crippen LogP contribution is -2.24. The van der Waals surface area contributed by atoms with Gasteiger partial charge in [0.1, 0.15) is 0 Å². The van der Waals surface area contributed by atoms with Crippen LogP contribution in [0.3, 0.4) is 0 Å². The summed E-state index contributed by atoms with van der Waals surface area (Å²) in [5, 5.41) is 3.91. The Morgan fingerprint density at radius 2 is 1.64 bits per heavy atom. The minimum absolute atomic E-state index is 0.763. The normalized spacial score (nSPS) is 12.7. The van der Waals surface area contributed by atoms with Crippen molar-refractivity contribution < 1.29 is 0 Å². The zero-order valence-corrected chi connectivity index (χ0v) is 13.2. The van der Waals surface area contributed by atoms with Crippen molar-refractivity contribution in [2.75, 3.05) is 0 Å². The molecule has 22 heavy (non-hydrogen) atoms. The van der Waals surface area contributed by atoms with E-state index in [1.807, 2.05) is 36.4 Å². The van der Waals surface area contributed by atoms with Crippen molar-refractivity contribution in [1.29, 1.82) is 0 Å². The molecule has 0 amide bonds. The first-order valence-electron chi connectivity index (χ1n) is 7.09. The van der Waals surface area contributed by atoms with Crippen molar-refractivity contribution in [1.82, 2.24) is 0 Å². The van der Waals surface area contributed by atoms with Crippen molar-refractivity contribution in [2.24, 2.45) is 0 Å². The highest BCUT2D eigenvalue weighted by atomic mass is 35.5. The van der Waals surface area contributed by atoms with E-state index in [-0.39, 0.29) is 0 Å². The van der Waals surface area contributed by atoms with Gasteiger partial charge in [0.15, 0.2) is 0 Å². The van der Waals surface area contributed by atoms with E-state index < -0.39 is 0 Å². The van der Waals surface area contributed by atoms with E-state index in [0.717, 1.165) is 20.8 Å². The Kier molecular flexibility index (Phi) is 3.29. The summed E-state index contributed by atoms with van der Waals surface area (Å²) in [5.74, 6) is 0. The van der Waals surface area contributed by atoms with E-state index in [2.05, 4.69) is 36.4 Å². The second-order valence-corrected chi connectivity index (χ2v) is 6.19. The number of hydrogen-bond acceptors (Lipinski definition) is 0. The van der Waals surface area contributed by atoms with Gasteiger partial charge in [-0.2, -0.15) is 0 Å². The fraction of sp³-hybridized carbons (Fsp3) is 0. The highest BCUT2D eigenvalue weighted by molar-refractivity contribution is 6.32. The SMILES string of the molecule is Clc1ccc2c(c1)C=c1c-2cccc1=Cc1ccccc1Cl. The molecule has 0 spiro atoms. The molecule has 0 nitrogen and oxygen atoms in total. The molecule has 0 saturated heterocycles. The van der Waals surface area contributed by atoms with E-state index in [4.69, 9.17) is 23.2 Å². The molecule has 0 unspecified atom stereocenters. The van der Waals surface area contributed by atoms with Crippen LogP contribution in [-0.2, 0) is 0 Å². The van der Waals surface area contributed by atoms with E-state index >= 15 is 0 Å². The first kappa shape index (κ1) is 13.6. The summed E-state index contributed by atoms with van der Waals surface area (Å²) >= 11 is 12.4. The van der Waals surface area contributed by atoms with Gasteiger partial charge in [-0.05, 0) is 63.0 Å². The van der Waals surface area contributed by atoms with Gasteiger partial charge in [0.2, 0.25) is 0 Å². The molecule has 0 N–H and O–H groups in total. The highest BCUT2D eigenvalue weighted by Gasteiger charge is 2.12. The van der Waals surface area contributed by atoms with Crippen molar-refractivity contribution in [2.45, 2.75) is 0 Å². The summed E-state index contributed by atoms with van der Waals surface area (Å²) in [6, 6.07) is 20.3. The number of benzene rings is 3. The molecule has 0 aromatic heterocycles. The first-order valence-corrected chi connectivity index (χ1v) is 7.85. The van der Waals surface area contributed by atoms with Crippen LogP contribution >= 0.6 is 23.2 Å². The van der Waals surface area contributed by atoms with Crippen LogP contribution in [0.25, 0.3) is 23.3 Å². The Balaban J connectivity index is 1.99. The summed E-state index contributed by atoms with van der Waals surface area (Å²) in [4.78, 5) is 0. The van der Waals surface area contributed by atoms with Gasteiger partial charge < -0.3 is 0 Å². The average Bonchev–Trinajstić information content (AvgIpc) is 2.88. The number of rotatable bonds is 1. The second-order valence-electron chi connectivity index (χ2n) is 5.35. The van der Waals surface area contributed by atoms with Crippen molar-refractivity contribution in [3.63, 3.8) is 0 Å². The number of halogens is 2. The van der Waals surface area contributed by atoms with Gasteiger partial charge in [-0.25, -0.2) is 0 Å². The van der Waals surface area contributed by atoms with Crippen LogP contribution in [-0.4, -0.2) is 0 Å². The van der Waals surface area contributed by atoms with Crippen LogP contribution in [0, 0.1) is 0 Å². The third-order valence-corrected chi connectivity index (χ3v) is 4.54. The van der Waals surface area contributed by atoms with E-state index in [1.165, 1.54) is 21.9 Å². The maximum absolute atomic E-state index is 6.28. The molecular weight excluding hydrogens is 311 g/mol. The standard InChI is InChI=1S/C20H12Cl2/c21-16-8-9-17-15(11-16)12-19-13(5-3-6-18(17)19)10-14-4-1-2-7-20(14)22/h1-12H. The summed E-state index contributed by atoms with van der Waals surface area (Å²) in [7, 11) is 0. The lowest BCUT2D eigenvalue weighted by atomic mass is 10.0. The van der Waals surface area contributed by atoms with Crippen LogP contribution in [0.4, 0.5) is 0 Å². The fourth-order valence-corrected chi connectivity index (χ4v) is 3.29. The zero-order chi connectivity index (χ0) is 15.1. The van der Waals surface area contributed by atoms with Gasteiger partial charge in [0.25, 0.3) is 0 Å². The molecule has 0 saturated carbocycles. The van der Waals surface area contributed by atoms with Crippen LogP contribution in [0.2, 0.25) is 10.0 Å². The molecular formula is C20H12Cl2. The lowest BCUT2D eigenvalue weighted by molar-refractivity contribution is 1.52. The maximum Gasteiger partial charge on any atom is 0.0478 e. The summed E-state index contributed by atoms with van der Waals surface area (Å²) < 4.78 is 0. The van der Waals surface area contributed by atoms with E-state index in [0.29, 0.717) is 0 Å². The lowest BCUT2D eigenvalue weighted by Gasteiger charge is -2.02. The van der Waals surface area contributed by atoms with Crippen LogP contribution in [0.5, 0.6) is 0 Å². The van der Waals surface area contributed by atoms with Gasteiger partial charge in [-0.1, -0.05) is 65.7 Å². The predicted octanol–water partition coefficient (Wildman–Crippen LogP) is 4.63. The summed E-state index contributed by atoms with van der Waals surface area (Å²) in [6.07, 6.45) is 4.32. The molecule has 106 valence electrons. The van der Waals surface area contributed by atoms with Gasteiger partial charge in [0, 0.05) is 10.0 Å². The number of fused-ring (bicyclic) bond motifs is 3. The molecule has 2 heteroatoms. The molecule has 3 aromatic carbocycles. The molecule has 0 radical (unpaired) electrons. The zero-order valence-electron chi connectivity index (χ0n) is 11.7. The van der Waals surface area contributed by atoms with Crippen molar-refractivity contribution >= 4 is 35.4 Å². The summed E-state index contributed by atoms with van der Waals surface area (Å²) in [6.45, 7) is 0. The topological polar surface area (TPSA) is 0 Å². The smallest absolute Gasteiger partial charge is 0.0478 e. The van der Waals surface area contributed by atoms with Gasteiger partial charge in [-0.15, -0.1) is 0 Å². The molecule has 1 aliphatic rings. The highest BCUT2D eigenvalue weighted by Crippen LogP contribution is 2.28. The van der Waals surface area contributed by atoms with E-state index in [1.54, 1.807) is 0 Å². The third kappa shape index (κ3) is 2.25. The molecule has 1 aliphatic carbocycles. The monoisotopic (exact) mass is 322 g/mol. The third-order valence-electron chi connectivity index (χ3n) is 3.96. The average molecular weight is 323 g/mol. The molecule has 4 rings (SSSR count). The quantitative estimate of drug-likeness (QED) is 0.479. The van der Waals surface area contributed by atoms with Crippen LogP contribution in [0.1, 0.15) is 11.1 Å². The molecule has 0 heterocycles. The second kappa shape index (κ2) is 5.31. The molecule has 0 aliphatic heterocycles. The number of hydrogen-bond donors (Lipinski definition) is 0. The molecule has 3 aromatic rings. The fourth-order valence-electron chi connectivity index (χ4n) is 2.92. The van der Waals surface area contributed by atoms with Gasteiger partial charge in [-0.3, -0.25) is 0 Å². The van der Waals surface area contributed by atoms with Crippen LogP contribution < -0.4 is 10.4 Å². The van der Waals surface area contributed by atoms with Crippen LogP contribution in [0.15, 0.2) is 60.7 Å². The Labute approximate surface area is 138 Å². The van der Waals surface area contributed by atoms with Crippen molar-refractivity contribution in [3.05, 3.63) is 92.3 Å². The molecule has 0 atom stereocenters. The maximum atomic E-state index is 6.28. The first-order chi connectivity index (χ1) is 10.7.